The van der Waals surface area contributed by atoms with Crippen LogP contribution in [-0.2, 0) is 11.3 Å². The summed E-state index contributed by atoms with van der Waals surface area (Å²) in [6.07, 6.45) is -1.35. The number of rotatable bonds is 9. The molecule has 1 heterocycles. The Morgan fingerprint density at radius 1 is 1.00 bits per heavy atom. The smallest absolute Gasteiger partial charge is 0.481 e. The van der Waals surface area contributed by atoms with Crippen LogP contribution in [0.4, 0.5) is 23.7 Å². The van der Waals surface area contributed by atoms with Crippen molar-refractivity contribution in [3.05, 3.63) is 59.7 Å². The maximum absolute atomic E-state index is 13.5. The lowest BCUT2D eigenvalue weighted by molar-refractivity contribution is -0.274. The van der Waals surface area contributed by atoms with Crippen molar-refractivity contribution in [1.29, 1.82) is 0 Å². The molecule has 1 aliphatic heterocycles. The van der Waals surface area contributed by atoms with Gasteiger partial charge in [-0.3, -0.25) is 9.59 Å². The van der Waals surface area contributed by atoms with Crippen molar-refractivity contribution < 1.29 is 37.4 Å². The van der Waals surface area contributed by atoms with E-state index in [1.807, 2.05) is 23.5 Å². The molecule has 1 saturated carbocycles. The highest BCUT2D eigenvalue weighted by Gasteiger charge is 2.41. The van der Waals surface area contributed by atoms with Crippen LogP contribution >= 0.6 is 23.5 Å². The van der Waals surface area contributed by atoms with Gasteiger partial charge in [0, 0.05) is 41.9 Å². The van der Waals surface area contributed by atoms with Crippen LogP contribution in [0.25, 0.3) is 0 Å². The Labute approximate surface area is 238 Å². The molecule has 4 rings (SSSR count). The fourth-order valence-corrected chi connectivity index (χ4v) is 8.08. The number of carbonyl (C=O) groups excluding carboxylic acids is 2. The zero-order valence-electron chi connectivity index (χ0n) is 21.5. The summed E-state index contributed by atoms with van der Waals surface area (Å²) in [5.41, 5.74) is 1.52. The summed E-state index contributed by atoms with van der Waals surface area (Å²) in [6.45, 7) is 0.298. The average Bonchev–Trinajstić information content (AvgIpc) is 3.36. The molecule has 8 nitrogen and oxygen atoms in total. The van der Waals surface area contributed by atoms with Gasteiger partial charge in [-0.1, -0.05) is 12.1 Å². The van der Waals surface area contributed by atoms with Crippen LogP contribution in [0.2, 0.25) is 0 Å². The van der Waals surface area contributed by atoms with Gasteiger partial charge < -0.3 is 25.4 Å². The SMILES string of the molecule is O=C(O)CCNC(=O)c1ccc(CN(C(=O)Nc2ccc(OC(F)(F)F)cc2)C2CCC3(CC2)SCCS3)cc1. The number of hydrogen-bond acceptors (Lipinski definition) is 6. The van der Waals surface area contributed by atoms with Crippen LogP contribution in [0.3, 0.4) is 0 Å². The molecule has 2 aliphatic rings. The normalized spacial score (nSPS) is 16.9. The third kappa shape index (κ3) is 8.47. The highest BCUT2D eigenvalue weighted by molar-refractivity contribution is 8.21. The van der Waals surface area contributed by atoms with E-state index in [1.54, 1.807) is 29.2 Å². The molecular weight excluding hydrogens is 567 g/mol. The summed E-state index contributed by atoms with van der Waals surface area (Å²) < 4.78 is 41.6. The average molecular weight is 598 g/mol. The molecule has 13 heteroatoms. The number of nitrogens with zero attached hydrogens (tertiary/aromatic N) is 1. The molecule has 0 bridgehead atoms. The lowest BCUT2D eigenvalue weighted by Gasteiger charge is -2.41. The minimum Gasteiger partial charge on any atom is -0.481 e. The molecule has 0 aromatic heterocycles. The molecule has 1 saturated heterocycles. The number of hydrogen-bond donors (Lipinski definition) is 3. The fourth-order valence-electron chi connectivity index (χ4n) is 4.78. The number of carbonyl (C=O) groups is 3. The van der Waals surface area contributed by atoms with Gasteiger partial charge in [-0.15, -0.1) is 36.7 Å². The van der Waals surface area contributed by atoms with Gasteiger partial charge >= 0.3 is 18.4 Å². The van der Waals surface area contributed by atoms with E-state index in [1.165, 1.54) is 12.1 Å². The second-order valence-electron chi connectivity index (χ2n) is 9.57. The van der Waals surface area contributed by atoms with E-state index in [-0.39, 0.29) is 47.3 Å². The third-order valence-electron chi connectivity index (χ3n) is 6.76. The molecule has 0 unspecified atom stereocenters. The molecule has 0 radical (unpaired) electrons. The predicted octanol–water partition coefficient (Wildman–Crippen LogP) is 5.94. The first kappa shape index (κ1) is 29.9. The number of alkyl halides is 3. The summed E-state index contributed by atoms with van der Waals surface area (Å²) >= 11 is 3.98. The first-order valence-corrected chi connectivity index (χ1v) is 14.8. The van der Waals surface area contributed by atoms with E-state index in [0.29, 0.717) is 11.3 Å². The number of carboxylic acids is 1. The van der Waals surface area contributed by atoms with Crippen molar-refractivity contribution in [1.82, 2.24) is 10.2 Å². The largest absolute Gasteiger partial charge is 0.573 e. The van der Waals surface area contributed by atoms with Gasteiger partial charge in [-0.25, -0.2) is 4.79 Å². The maximum atomic E-state index is 13.5. The second-order valence-corrected chi connectivity index (χ2v) is 12.8. The Kier molecular flexibility index (Phi) is 9.77. The second kappa shape index (κ2) is 13.1. The number of benzene rings is 2. The van der Waals surface area contributed by atoms with E-state index in [9.17, 15) is 27.6 Å². The molecule has 3 N–H and O–H groups in total. The van der Waals surface area contributed by atoms with Gasteiger partial charge in [-0.05, 0) is 67.6 Å². The van der Waals surface area contributed by atoms with E-state index >= 15 is 0 Å². The molecule has 3 amide bonds. The van der Waals surface area contributed by atoms with Crippen molar-refractivity contribution >= 4 is 47.1 Å². The summed E-state index contributed by atoms with van der Waals surface area (Å²) in [5, 5.41) is 14.1. The lowest BCUT2D eigenvalue weighted by atomic mass is 9.93. The van der Waals surface area contributed by atoms with Gasteiger partial charge in [-0.2, -0.15) is 0 Å². The first-order chi connectivity index (χ1) is 19.0. The summed E-state index contributed by atoms with van der Waals surface area (Å²) in [6, 6.07) is 11.4. The lowest BCUT2D eigenvalue weighted by Crippen LogP contribution is -2.45. The topological polar surface area (TPSA) is 108 Å². The predicted molar refractivity (Wildman–Crippen MR) is 149 cm³/mol. The fraction of sp³-hybridized carbons (Fsp3) is 0.444. The van der Waals surface area contributed by atoms with Crippen LogP contribution in [-0.4, -0.2) is 62.4 Å². The molecule has 1 spiro atoms. The van der Waals surface area contributed by atoms with Crippen molar-refractivity contribution in [3.63, 3.8) is 0 Å². The van der Waals surface area contributed by atoms with Gasteiger partial charge in [0.15, 0.2) is 0 Å². The molecular formula is C27H30F3N3O5S2. The quantitative estimate of drug-likeness (QED) is 0.328. The van der Waals surface area contributed by atoms with Crippen LogP contribution in [0.1, 0.15) is 48.0 Å². The van der Waals surface area contributed by atoms with E-state index in [0.717, 1.165) is 54.9 Å². The van der Waals surface area contributed by atoms with Crippen LogP contribution in [0, 0.1) is 0 Å². The number of anilines is 1. The van der Waals surface area contributed by atoms with Crippen molar-refractivity contribution in [2.75, 3.05) is 23.4 Å². The van der Waals surface area contributed by atoms with Crippen molar-refractivity contribution in [2.24, 2.45) is 0 Å². The molecule has 2 aromatic carbocycles. The van der Waals surface area contributed by atoms with Crippen molar-refractivity contribution in [3.8, 4) is 5.75 Å². The van der Waals surface area contributed by atoms with Crippen molar-refractivity contribution in [2.45, 2.75) is 55.1 Å². The van der Waals surface area contributed by atoms with Crippen LogP contribution in [0.15, 0.2) is 48.5 Å². The zero-order valence-corrected chi connectivity index (χ0v) is 23.2. The van der Waals surface area contributed by atoms with Gasteiger partial charge in [0.2, 0.25) is 0 Å². The van der Waals surface area contributed by atoms with E-state index < -0.39 is 12.3 Å². The Morgan fingerprint density at radius 2 is 1.62 bits per heavy atom. The van der Waals surface area contributed by atoms with Gasteiger partial charge in [0.25, 0.3) is 5.91 Å². The minimum atomic E-state index is -4.80. The first-order valence-electron chi connectivity index (χ1n) is 12.8. The number of carboxylic acid groups (broad SMARTS) is 1. The summed E-state index contributed by atoms with van der Waals surface area (Å²) in [4.78, 5) is 38.2. The van der Waals surface area contributed by atoms with Crippen LogP contribution in [0.5, 0.6) is 5.75 Å². The highest BCUT2D eigenvalue weighted by Crippen LogP contribution is 2.53. The number of aliphatic carboxylic acids is 1. The number of halogens is 3. The third-order valence-corrected chi connectivity index (χ3v) is 10.4. The number of amides is 3. The molecule has 216 valence electrons. The summed E-state index contributed by atoms with van der Waals surface area (Å²) in [5.74, 6) is 0.495. The minimum absolute atomic E-state index is 0.0208. The molecule has 0 atom stereocenters. The number of ether oxygens (including phenoxy) is 1. The van der Waals surface area contributed by atoms with Gasteiger partial charge in [0.1, 0.15) is 5.75 Å². The number of urea groups is 1. The Morgan fingerprint density at radius 3 is 2.20 bits per heavy atom. The molecule has 2 fully saturated rings. The molecule has 2 aromatic rings. The van der Waals surface area contributed by atoms with E-state index in [4.69, 9.17) is 5.11 Å². The zero-order chi connectivity index (χ0) is 28.8. The van der Waals surface area contributed by atoms with E-state index in [2.05, 4.69) is 15.4 Å². The maximum Gasteiger partial charge on any atom is 0.573 e. The Bertz CT molecular complexity index is 1180. The highest BCUT2D eigenvalue weighted by atomic mass is 32.2. The summed E-state index contributed by atoms with van der Waals surface area (Å²) in [7, 11) is 0. The monoisotopic (exact) mass is 597 g/mol. The Balaban J connectivity index is 1.44. The number of thioether (sulfide) groups is 2. The standard InChI is InChI=1S/C27H30F3N3O5S2/c28-27(29,30)38-22-7-5-20(6-8-22)32-25(37)33(21-9-12-26(13-10-21)39-15-16-40-26)17-18-1-3-19(4-2-18)24(36)31-14-11-23(34)35/h1-8,21H,9-17H2,(H,31,36)(H,32,37)(H,34,35). The Hall–Kier alpha value is -3.06. The van der Waals surface area contributed by atoms with Gasteiger partial charge in [0.05, 0.1) is 10.5 Å². The number of nitrogens with one attached hydrogen (secondary N) is 2. The molecule has 40 heavy (non-hydrogen) atoms. The molecule has 1 aliphatic carbocycles. The van der Waals surface area contributed by atoms with Crippen LogP contribution < -0.4 is 15.4 Å².